The average molecular weight is 638 g/mol. The van der Waals surface area contributed by atoms with E-state index in [9.17, 15) is 24.0 Å². The number of amides is 5. The number of benzene rings is 2. The van der Waals surface area contributed by atoms with Gasteiger partial charge in [0.25, 0.3) is 0 Å². The Kier molecular flexibility index (Phi) is 15.8. The van der Waals surface area contributed by atoms with Crippen LogP contribution in [0, 0.1) is 5.92 Å². The molecule has 4 N–H and O–H groups in total. The van der Waals surface area contributed by atoms with Crippen molar-refractivity contribution in [1.29, 1.82) is 0 Å². The molecule has 0 aromatic heterocycles. The van der Waals surface area contributed by atoms with Gasteiger partial charge in [0.05, 0.1) is 12.6 Å². The second kappa shape index (κ2) is 19.5. The molecular formula is C34H47N5O7. The topological polar surface area (TPSA) is 155 Å². The number of esters is 1. The van der Waals surface area contributed by atoms with E-state index in [0.29, 0.717) is 19.5 Å². The molecule has 1 saturated heterocycles. The molecule has 0 aliphatic carbocycles. The summed E-state index contributed by atoms with van der Waals surface area (Å²) in [7, 11) is 0. The van der Waals surface area contributed by atoms with E-state index < -0.39 is 42.0 Å². The summed E-state index contributed by atoms with van der Waals surface area (Å²) in [6.07, 6.45) is 2.38. The second-order valence-corrected chi connectivity index (χ2v) is 11.0. The predicted molar refractivity (Wildman–Crippen MR) is 174 cm³/mol. The molecule has 0 bridgehead atoms. The van der Waals surface area contributed by atoms with Gasteiger partial charge in [0, 0.05) is 32.1 Å². The van der Waals surface area contributed by atoms with Crippen molar-refractivity contribution in [2.24, 2.45) is 5.92 Å². The maximum Gasteiger partial charge on any atom is 0.408 e. The molecule has 0 saturated carbocycles. The molecule has 1 heterocycles. The highest BCUT2D eigenvalue weighted by Gasteiger charge is 2.30. The molecule has 1 aliphatic heterocycles. The number of ether oxygens (including phenoxy) is 2. The first-order valence-corrected chi connectivity index (χ1v) is 15.1. The van der Waals surface area contributed by atoms with Crippen molar-refractivity contribution in [3.05, 3.63) is 83.9 Å². The van der Waals surface area contributed by atoms with Crippen LogP contribution >= 0.6 is 0 Å². The summed E-state index contributed by atoms with van der Waals surface area (Å²) < 4.78 is 10.3. The Morgan fingerprint density at radius 2 is 1.52 bits per heavy atom. The quantitative estimate of drug-likeness (QED) is 0.163. The zero-order chi connectivity index (χ0) is 32.6. The van der Waals surface area contributed by atoms with E-state index in [0.717, 1.165) is 11.1 Å². The van der Waals surface area contributed by atoms with E-state index >= 15 is 0 Å². The Morgan fingerprint density at radius 1 is 0.891 bits per heavy atom. The molecule has 2 aromatic rings. The van der Waals surface area contributed by atoms with Crippen molar-refractivity contribution >= 4 is 29.9 Å². The average Bonchev–Trinajstić information content (AvgIpc) is 3.42. The van der Waals surface area contributed by atoms with Crippen molar-refractivity contribution in [1.82, 2.24) is 26.2 Å². The lowest BCUT2D eigenvalue weighted by molar-refractivity contribution is -0.137. The smallest absolute Gasteiger partial charge is 0.408 e. The van der Waals surface area contributed by atoms with Gasteiger partial charge < -0.3 is 35.6 Å². The highest BCUT2D eigenvalue weighted by Crippen LogP contribution is 2.10. The standard InChI is InChI=1S/C33H43N5O7.CH4/c1-4-44-29(39)16-15-26(21-38-18-17-34-32(38)42)35-30(40)28(20-24-11-7-5-8-12-24)36-31(41)27(19-23(2)3)37-33(43)45-22-25-13-9-6-10-14-25;/h5-16,23,26-28H,4,17-22H2,1-3H3,(H,34,42)(H,35,40)(H,36,41)(H,37,43);1H4/b16-15+;/t26-,27+,28+;/m1./s1. The van der Waals surface area contributed by atoms with Crippen molar-refractivity contribution < 1.29 is 33.4 Å². The largest absolute Gasteiger partial charge is 0.463 e. The Hall–Kier alpha value is -4.87. The number of nitrogens with zero attached hydrogens (tertiary/aromatic N) is 1. The molecule has 3 rings (SSSR count). The molecule has 0 radical (unpaired) electrons. The number of carbonyl (C=O) groups is 5. The number of rotatable bonds is 16. The normalized spacial score (nSPS) is 14.4. The van der Waals surface area contributed by atoms with Crippen LogP contribution < -0.4 is 21.3 Å². The first-order valence-electron chi connectivity index (χ1n) is 15.1. The fourth-order valence-electron chi connectivity index (χ4n) is 4.69. The van der Waals surface area contributed by atoms with Crippen LogP contribution in [0.1, 0.15) is 45.7 Å². The van der Waals surface area contributed by atoms with Crippen LogP contribution in [0.3, 0.4) is 0 Å². The molecule has 250 valence electrons. The summed E-state index contributed by atoms with van der Waals surface area (Å²) in [6, 6.07) is 15.3. The maximum atomic E-state index is 13.7. The summed E-state index contributed by atoms with van der Waals surface area (Å²) in [4.78, 5) is 65.7. The van der Waals surface area contributed by atoms with Gasteiger partial charge in [-0.1, -0.05) is 88.0 Å². The van der Waals surface area contributed by atoms with Crippen LogP contribution in [0.4, 0.5) is 9.59 Å². The summed E-state index contributed by atoms with van der Waals surface area (Å²) in [5.41, 5.74) is 1.60. The Balaban J connectivity index is 0.00000736. The van der Waals surface area contributed by atoms with Crippen molar-refractivity contribution in [3.8, 4) is 0 Å². The van der Waals surface area contributed by atoms with Gasteiger partial charge in [-0.3, -0.25) is 9.59 Å². The number of alkyl carbamates (subject to hydrolysis) is 1. The molecule has 5 amide bonds. The Morgan fingerprint density at radius 3 is 2.11 bits per heavy atom. The molecule has 46 heavy (non-hydrogen) atoms. The van der Waals surface area contributed by atoms with E-state index in [1.165, 1.54) is 17.1 Å². The SMILES string of the molecule is C.CCOC(=O)/C=C/[C@H](CN1CCNC1=O)NC(=O)[C@H](Cc1ccccc1)NC(=O)[C@H](CC(C)C)NC(=O)OCc1ccccc1. The lowest BCUT2D eigenvalue weighted by atomic mass is 10.0. The van der Waals surface area contributed by atoms with Crippen LogP contribution in [-0.2, 0) is 36.9 Å². The first kappa shape index (κ1) is 37.3. The fourth-order valence-corrected chi connectivity index (χ4v) is 4.69. The van der Waals surface area contributed by atoms with E-state index in [1.807, 2.05) is 74.5 Å². The van der Waals surface area contributed by atoms with Gasteiger partial charge in [-0.25, -0.2) is 14.4 Å². The highest BCUT2D eigenvalue weighted by molar-refractivity contribution is 5.92. The highest BCUT2D eigenvalue weighted by atomic mass is 16.5. The number of hydrogen-bond acceptors (Lipinski definition) is 7. The van der Waals surface area contributed by atoms with Crippen molar-refractivity contribution in [2.45, 2.75) is 65.8 Å². The minimum absolute atomic E-state index is 0. The number of hydrogen-bond donors (Lipinski definition) is 4. The zero-order valence-corrected chi connectivity index (χ0v) is 26.0. The monoisotopic (exact) mass is 637 g/mol. The van der Waals surface area contributed by atoms with E-state index in [4.69, 9.17) is 9.47 Å². The predicted octanol–water partition coefficient (Wildman–Crippen LogP) is 3.32. The van der Waals surface area contributed by atoms with E-state index in [1.54, 1.807) is 6.92 Å². The second-order valence-electron chi connectivity index (χ2n) is 11.0. The number of carbonyl (C=O) groups excluding carboxylic acids is 5. The lowest BCUT2D eigenvalue weighted by Gasteiger charge is -2.27. The number of urea groups is 1. The van der Waals surface area contributed by atoms with Crippen LogP contribution in [0.5, 0.6) is 0 Å². The third kappa shape index (κ3) is 13.0. The molecule has 12 heteroatoms. The van der Waals surface area contributed by atoms with Gasteiger partial charge in [0.1, 0.15) is 18.7 Å². The van der Waals surface area contributed by atoms with Gasteiger partial charge in [0.2, 0.25) is 11.8 Å². The van der Waals surface area contributed by atoms with Crippen molar-refractivity contribution in [2.75, 3.05) is 26.2 Å². The fraction of sp³-hybridized carbons (Fsp3) is 0.441. The van der Waals surface area contributed by atoms with Gasteiger partial charge in [0.15, 0.2) is 0 Å². The third-order valence-electron chi connectivity index (χ3n) is 6.89. The Labute approximate surface area is 271 Å². The molecule has 0 spiro atoms. The van der Waals surface area contributed by atoms with E-state index in [-0.39, 0.29) is 45.6 Å². The summed E-state index contributed by atoms with van der Waals surface area (Å²) in [5.74, 6) is -1.62. The zero-order valence-electron chi connectivity index (χ0n) is 26.0. The van der Waals surface area contributed by atoms with Crippen LogP contribution in [-0.4, -0.2) is 79.2 Å². The number of nitrogens with one attached hydrogen (secondary N) is 4. The lowest BCUT2D eigenvalue weighted by Crippen LogP contribution is -2.56. The molecule has 1 aliphatic rings. The minimum Gasteiger partial charge on any atom is -0.463 e. The molecule has 2 aromatic carbocycles. The van der Waals surface area contributed by atoms with Gasteiger partial charge in [-0.2, -0.15) is 0 Å². The van der Waals surface area contributed by atoms with Crippen LogP contribution in [0.2, 0.25) is 0 Å². The Bertz CT molecular complexity index is 1300. The van der Waals surface area contributed by atoms with E-state index in [2.05, 4.69) is 21.3 Å². The summed E-state index contributed by atoms with van der Waals surface area (Å²) in [5, 5.41) is 11.0. The van der Waals surface area contributed by atoms with Gasteiger partial charge >= 0.3 is 18.1 Å². The third-order valence-corrected chi connectivity index (χ3v) is 6.89. The van der Waals surface area contributed by atoms with Crippen molar-refractivity contribution in [3.63, 3.8) is 0 Å². The molecule has 0 unspecified atom stereocenters. The summed E-state index contributed by atoms with van der Waals surface area (Å²) in [6.45, 7) is 6.74. The van der Waals surface area contributed by atoms with Crippen LogP contribution in [0.25, 0.3) is 0 Å². The molecule has 3 atom stereocenters. The minimum atomic E-state index is -1.04. The maximum absolute atomic E-state index is 13.7. The first-order chi connectivity index (χ1) is 21.6. The molecule has 1 fully saturated rings. The molecule has 12 nitrogen and oxygen atoms in total. The van der Waals surface area contributed by atoms with Crippen LogP contribution in [0.15, 0.2) is 72.8 Å². The molecular weight excluding hydrogens is 590 g/mol. The van der Waals surface area contributed by atoms with Gasteiger partial charge in [-0.15, -0.1) is 0 Å². The van der Waals surface area contributed by atoms with Gasteiger partial charge in [-0.05, 0) is 30.4 Å². The summed E-state index contributed by atoms with van der Waals surface area (Å²) >= 11 is 0.